The number of ketones is 1. The molecule has 0 saturated heterocycles. The fourth-order valence-electron chi connectivity index (χ4n) is 4.43. The molecule has 0 radical (unpaired) electrons. The average Bonchev–Trinajstić information content (AvgIpc) is 2.84. The smallest absolute Gasteiger partial charge is 0.147 e. The number of rotatable bonds is 16. The molecule has 32 heavy (non-hydrogen) atoms. The third kappa shape index (κ3) is 8.88. The van der Waals surface area contributed by atoms with Crippen LogP contribution in [-0.2, 0) is 4.79 Å². The molecule has 0 aliphatic carbocycles. The normalized spacial score (nSPS) is 15.1. The van der Waals surface area contributed by atoms with Crippen LogP contribution in [0.3, 0.4) is 0 Å². The molecular weight excluding hydrogens is 396 g/mol. The van der Waals surface area contributed by atoms with Crippen molar-refractivity contribution >= 4 is 5.78 Å². The summed E-state index contributed by atoms with van der Waals surface area (Å²) in [6.07, 6.45) is 7.75. The predicted octanol–water partition coefficient (Wildman–Crippen LogP) is 6.50. The van der Waals surface area contributed by atoms with E-state index in [1.54, 1.807) is 0 Å². The molecule has 0 amide bonds. The van der Waals surface area contributed by atoms with Crippen LogP contribution in [0.15, 0.2) is 60.7 Å². The lowest BCUT2D eigenvalue weighted by molar-refractivity contribution is -0.122. The van der Waals surface area contributed by atoms with E-state index in [2.05, 4.69) is 38.1 Å². The van der Waals surface area contributed by atoms with Gasteiger partial charge < -0.3 is 10.2 Å². The standard InChI is InChI=1S/C29H42O3/c1-23(21-30)13-9-11-19-27(25-15-5-3-6-16-25)29(32)28(26-17-7-4-8-18-26)20-12-10-14-24(2)22-31/h3-8,15-18,23-24,27-28,30-31H,9-14,19-22H2,1-2H3. The fraction of sp³-hybridized carbons (Fsp3) is 0.552. The lowest BCUT2D eigenvalue weighted by Gasteiger charge is -2.24. The average molecular weight is 439 g/mol. The Morgan fingerprint density at radius 3 is 1.31 bits per heavy atom. The SMILES string of the molecule is CC(CO)CCCCC(C(=O)C(CCCCC(C)CO)c1ccccc1)c1ccccc1. The molecule has 0 spiro atoms. The molecule has 4 atom stereocenters. The molecule has 3 nitrogen and oxygen atoms in total. The number of benzene rings is 2. The molecule has 2 aromatic carbocycles. The van der Waals surface area contributed by atoms with Gasteiger partial charge in [0.15, 0.2) is 0 Å². The van der Waals surface area contributed by atoms with Gasteiger partial charge in [-0.3, -0.25) is 4.79 Å². The number of unbranched alkanes of at least 4 members (excludes halogenated alkanes) is 2. The van der Waals surface area contributed by atoms with E-state index in [0.717, 1.165) is 62.5 Å². The first-order valence-electron chi connectivity index (χ1n) is 12.4. The number of hydrogen-bond donors (Lipinski definition) is 2. The zero-order chi connectivity index (χ0) is 23.2. The van der Waals surface area contributed by atoms with Crippen LogP contribution in [-0.4, -0.2) is 29.2 Å². The van der Waals surface area contributed by atoms with Crippen LogP contribution in [0.25, 0.3) is 0 Å². The van der Waals surface area contributed by atoms with Crippen molar-refractivity contribution in [1.29, 1.82) is 0 Å². The van der Waals surface area contributed by atoms with Gasteiger partial charge in [0.05, 0.1) is 0 Å². The summed E-state index contributed by atoms with van der Waals surface area (Å²) in [5.74, 6) is 0.774. The Morgan fingerprint density at radius 1 is 0.625 bits per heavy atom. The molecule has 0 aromatic heterocycles. The largest absolute Gasteiger partial charge is 0.396 e. The highest BCUT2D eigenvalue weighted by atomic mass is 16.3. The minimum atomic E-state index is -0.0952. The second kappa shape index (κ2) is 15.0. The Labute approximate surface area is 194 Å². The highest BCUT2D eigenvalue weighted by Gasteiger charge is 2.28. The zero-order valence-corrected chi connectivity index (χ0v) is 20.0. The molecule has 176 valence electrons. The van der Waals surface area contributed by atoms with Crippen molar-refractivity contribution in [2.45, 2.75) is 77.0 Å². The van der Waals surface area contributed by atoms with E-state index in [0.29, 0.717) is 17.6 Å². The van der Waals surface area contributed by atoms with Crippen molar-refractivity contribution in [2.24, 2.45) is 11.8 Å². The van der Waals surface area contributed by atoms with Gasteiger partial charge in [-0.05, 0) is 48.6 Å². The minimum absolute atomic E-state index is 0.0952. The third-order valence-corrected chi connectivity index (χ3v) is 6.59. The second-order valence-corrected chi connectivity index (χ2v) is 9.47. The molecule has 2 rings (SSSR count). The number of Topliss-reactive ketones (excluding diaryl/α,β-unsaturated/α-hetero) is 1. The van der Waals surface area contributed by atoms with Gasteiger partial charge in [0, 0.05) is 25.0 Å². The molecule has 0 aliphatic heterocycles. The van der Waals surface area contributed by atoms with Crippen molar-refractivity contribution in [3.8, 4) is 0 Å². The van der Waals surface area contributed by atoms with Crippen LogP contribution in [0.2, 0.25) is 0 Å². The van der Waals surface area contributed by atoms with E-state index < -0.39 is 0 Å². The number of aliphatic hydroxyl groups is 2. The van der Waals surface area contributed by atoms with E-state index in [1.807, 2.05) is 36.4 Å². The van der Waals surface area contributed by atoms with Crippen LogP contribution in [0.4, 0.5) is 0 Å². The molecule has 4 unspecified atom stereocenters. The number of carbonyl (C=O) groups excluding carboxylic acids is 1. The molecule has 0 bridgehead atoms. The van der Waals surface area contributed by atoms with Gasteiger partial charge >= 0.3 is 0 Å². The number of carbonyl (C=O) groups is 1. The molecule has 0 saturated carbocycles. The van der Waals surface area contributed by atoms with Gasteiger partial charge in [-0.2, -0.15) is 0 Å². The van der Waals surface area contributed by atoms with Gasteiger partial charge in [0.25, 0.3) is 0 Å². The summed E-state index contributed by atoms with van der Waals surface area (Å²) in [5, 5.41) is 18.6. The van der Waals surface area contributed by atoms with Gasteiger partial charge in [-0.15, -0.1) is 0 Å². The summed E-state index contributed by atoms with van der Waals surface area (Å²) in [6, 6.07) is 20.5. The minimum Gasteiger partial charge on any atom is -0.396 e. The van der Waals surface area contributed by atoms with E-state index in [-0.39, 0.29) is 25.0 Å². The summed E-state index contributed by atoms with van der Waals surface area (Å²) in [6.45, 7) is 4.60. The molecule has 2 N–H and O–H groups in total. The monoisotopic (exact) mass is 438 g/mol. The Balaban J connectivity index is 2.14. The predicted molar refractivity (Wildman–Crippen MR) is 133 cm³/mol. The molecule has 0 heterocycles. The van der Waals surface area contributed by atoms with E-state index in [9.17, 15) is 15.0 Å². The molecule has 2 aromatic rings. The Morgan fingerprint density at radius 2 is 0.969 bits per heavy atom. The summed E-state index contributed by atoms with van der Waals surface area (Å²) in [7, 11) is 0. The van der Waals surface area contributed by atoms with E-state index in [4.69, 9.17) is 0 Å². The lowest BCUT2D eigenvalue weighted by Crippen LogP contribution is -2.21. The Bertz CT molecular complexity index is 680. The van der Waals surface area contributed by atoms with Crippen LogP contribution in [0.1, 0.15) is 88.2 Å². The fourth-order valence-corrected chi connectivity index (χ4v) is 4.43. The maximum atomic E-state index is 13.9. The number of aliphatic hydroxyl groups excluding tert-OH is 2. The Hall–Kier alpha value is -1.97. The topological polar surface area (TPSA) is 57.5 Å². The first-order valence-corrected chi connectivity index (χ1v) is 12.4. The maximum absolute atomic E-state index is 13.9. The van der Waals surface area contributed by atoms with Gasteiger partial charge in [0.1, 0.15) is 5.78 Å². The van der Waals surface area contributed by atoms with Crippen molar-refractivity contribution in [1.82, 2.24) is 0 Å². The highest BCUT2D eigenvalue weighted by Crippen LogP contribution is 2.34. The lowest BCUT2D eigenvalue weighted by atomic mass is 9.78. The van der Waals surface area contributed by atoms with E-state index in [1.165, 1.54) is 0 Å². The molecular formula is C29H42O3. The van der Waals surface area contributed by atoms with Crippen LogP contribution >= 0.6 is 0 Å². The summed E-state index contributed by atoms with van der Waals surface area (Å²) >= 11 is 0. The summed E-state index contributed by atoms with van der Waals surface area (Å²) < 4.78 is 0. The second-order valence-electron chi connectivity index (χ2n) is 9.47. The van der Waals surface area contributed by atoms with Crippen molar-refractivity contribution in [3.63, 3.8) is 0 Å². The molecule has 0 aliphatic rings. The van der Waals surface area contributed by atoms with Crippen molar-refractivity contribution in [2.75, 3.05) is 13.2 Å². The van der Waals surface area contributed by atoms with Gasteiger partial charge in [-0.1, -0.05) is 100 Å². The van der Waals surface area contributed by atoms with Gasteiger partial charge in [0.2, 0.25) is 0 Å². The zero-order valence-electron chi connectivity index (χ0n) is 20.0. The first kappa shape index (κ1) is 26.3. The molecule has 0 fully saturated rings. The third-order valence-electron chi connectivity index (χ3n) is 6.59. The molecule has 3 heteroatoms. The maximum Gasteiger partial charge on any atom is 0.147 e. The van der Waals surface area contributed by atoms with Gasteiger partial charge in [-0.25, -0.2) is 0 Å². The van der Waals surface area contributed by atoms with E-state index >= 15 is 0 Å². The van der Waals surface area contributed by atoms with Crippen LogP contribution in [0.5, 0.6) is 0 Å². The summed E-state index contributed by atoms with van der Waals surface area (Å²) in [4.78, 5) is 13.9. The van der Waals surface area contributed by atoms with Crippen LogP contribution < -0.4 is 0 Å². The van der Waals surface area contributed by atoms with Crippen molar-refractivity contribution in [3.05, 3.63) is 71.8 Å². The first-order chi connectivity index (χ1) is 15.6. The number of hydrogen-bond acceptors (Lipinski definition) is 3. The quantitative estimate of drug-likeness (QED) is 0.294. The Kier molecular flexibility index (Phi) is 12.3. The van der Waals surface area contributed by atoms with Crippen LogP contribution in [0, 0.1) is 11.8 Å². The highest BCUT2D eigenvalue weighted by molar-refractivity contribution is 5.91. The summed E-state index contributed by atoms with van der Waals surface area (Å²) in [5.41, 5.74) is 2.23. The van der Waals surface area contributed by atoms with Crippen molar-refractivity contribution < 1.29 is 15.0 Å².